The van der Waals surface area contributed by atoms with E-state index in [0.717, 1.165) is 184 Å². The molecule has 2 aliphatic carbocycles. The standard InChI is InChI=1S/C58H35N3O.C57H33N3O/c1-3-16-36(17-4-1)56-57(37-18-5-2-6-19-37)61-50-35-39(30-33-49(50)60-56)38-20-15-21-40(34-38)55-43-31-32-47-54(53(43)42-23-8-12-27-48(42)59-55)41-22-7-9-24-44(41)58(47)45-25-10-13-28-51(45)62-52-29-14-11-26-46(52)58;58-34-35-24-31-51-44(32-35)40-14-3-8-21-50(40)60(51)39-27-25-36(26-28-39)37-12-11-13-38(33-37)56-43-29-30-48-55(54(43)42-16-2-7-20-49(42)59-56)41-15-1-4-17-45(41)57(48)46-18-5-9-22-52(46)61-53-23-10-6-19-47(53)57/h1-35H;1-33H. The third-order valence-electron chi connectivity index (χ3n) is 26.0. The second-order valence-corrected chi connectivity index (χ2v) is 32.3. The van der Waals surface area contributed by atoms with E-state index >= 15 is 0 Å². The number of nitriles is 1. The van der Waals surface area contributed by atoms with Gasteiger partial charge in [-0.2, -0.15) is 5.26 Å². The number of fused-ring (bicyclic) bond motifs is 30. The molecule has 0 fully saturated rings. The Hall–Kier alpha value is -16.5. The van der Waals surface area contributed by atoms with Crippen molar-refractivity contribution in [3.63, 3.8) is 0 Å². The van der Waals surface area contributed by atoms with Gasteiger partial charge in [-0.1, -0.05) is 315 Å². The van der Waals surface area contributed by atoms with Crippen molar-refractivity contribution < 1.29 is 9.47 Å². The average molecular weight is 1570 g/mol. The van der Waals surface area contributed by atoms with Crippen LogP contribution in [0.2, 0.25) is 0 Å². The number of ether oxygens (including phenoxy) is 2. The van der Waals surface area contributed by atoms with Gasteiger partial charge in [0.05, 0.1) is 78.3 Å². The first-order valence-corrected chi connectivity index (χ1v) is 41.8. The van der Waals surface area contributed by atoms with Gasteiger partial charge in [-0.15, -0.1) is 0 Å². The first-order chi connectivity index (χ1) is 60.9. The zero-order chi connectivity index (χ0) is 81.0. The fourth-order valence-corrected chi connectivity index (χ4v) is 20.9. The maximum Gasteiger partial charge on any atom is 0.132 e. The maximum atomic E-state index is 9.64. The summed E-state index contributed by atoms with van der Waals surface area (Å²) >= 11 is 0. The molecule has 6 heterocycles. The van der Waals surface area contributed by atoms with Crippen LogP contribution in [-0.2, 0) is 10.8 Å². The smallest absolute Gasteiger partial charge is 0.132 e. The summed E-state index contributed by atoms with van der Waals surface area (Å²) in [6.07, 6.45) is 0. The summed E-state index contributed by atoms with van der Waals surface area (Å²) in [6.45, 7) is 0. The molecule has 0 N–H and O–H groups in total. The Morgan fingerprint density at radius 1 is 0.236 bits per heavy atom. The van der Waals surface area contributed by atoms with E-state index in [0.29, 0.717) is 5.56 Å². The largest absolute Gasteiger partial charge is 0.457 e. The number of para-hydroxylation sites is 7. The van der Waals surface area contributed by atoms with Gasteiger partial charge >= 0.3 is 0 Å². The predicted octanol–water partition coefficient (Wildman–Crippen LogP) is 28.6. The average Bonchev–Trinajstić information content (AvgIpc) is 1.54. The predicted molar refractivity (Wildman–Crippen MR) is 498 cm³/mol. The lowest BCUT2D eigenvalue weighted by molar-refractivity contribution is 0.436. The molecule has 123 heavy (non-hydrogen) atoms. The number of benzene rings is 18. The zero-order valence-electron chi connectivity index (χ0n) is 66.3. The van der Waals surface area contributed by atoms with Gasteiger partial charge in [-0.3, -0.25) is 0 Å². The number of hydrogen-bond acceptors (Lipinski definition) is 7. The van der Waals surface area contributed by atoms with Crippen molar-refractivity contribution in [3.8, 4) is 124 Å². The van der Waals surface area contributed by atoms with E-state index in [-0.39, 0.29) is 0 Å². The Kier molecular flexibility index (Phi) is 15.5. The topological polar surface area (TPSA) is 98.7 Å². The van der Waals surface area contributed by atoms with Gasteiger partial charge in [0.1, 0.15) is 23.0 Å². The Balaban J connectivity index is 0.000000135. The molecule has 18 aromatic carbocycles. The summed E-state index contributed by atoms with van der Waals surface area (Å²) in [5.74, 6) is 3.55. The lowest BCUT2D eigenvalue weighted by Gasteiger charge is -2.39. The first kappa shape index (κ1) is 69.6. The van der Waals surface area contributed by atoms with E-state index in [2.05, 4.69) is 387 Å². The van der Waals surface area contributed by atoms with Crippen LogP contribution in [0.4, 0.5) is 0 Å². The van der Waals surface area contributed by atoms with Crippen molar-refractivity contribution in [3.05, 3.63) is 463 Å². The second-order valence-electron chi connectivity index (χ2n) is 32.3. The zero-order valence-corrected chi connectivity index (χ0v) is 66.3. The van der Waals surface area contributed by atoms with Crippen LogP contribution < -0.4 is 9.47 Å². The van der Waals surface area contributed by atoms with Crippen LogP contribution in [0.3, 0.4) is 0 Å². The fourth-order valence-electron chi connectivity index (χ4n) is 20.9. The molecule has 8 heteroatoms. The van der Waals surface area contributed by atoms with E-state index in [1.807, 2.05) is 36.4 Å². The highest BCUT2D eigenvalue weighted by Gasteiger charge is 2.53. The van der Waals surface area contributed by atoms with Crippen LogP contribution in [0, 0.1) is 11.3 Å². The molecule has 0 saturated carbocycles. The molecule has 22 aromatic rings. The van der Waals surface area contributed by atoms with Gasteiger partial charge in [0.15, 0.2) is 0 Å². The van der Waals surface area contributed by atoms with Crippen LogP contribution in [0.15, 0.2) is 413 Å². The molecule has 0 radical (unpaired) electrons. The first-order valence-electron chi connectivity index (χ1n) is 41.8. The highest BCUT2D eigenvalue weighted by atomic mass is 16.5. The van der Waals surface area contributed by atoms with Crippen LogP contribution in [0.1, 0.15) is 50.1 Å². The Morgan fingerprint density at radius 3 is 1.14 bits per heavy atom. The molecule has 0 unspecified atom stereocenters. The third kappa shape index (κ3) is 10.4. The molecule has 0 amide bonds. The second kappa shape index (κ2) is 27.3. The van der Waals surface area contributed by atoms with Crippen molar-refractivity contribution >= 4 is 76.2 Å². The van der Waals surface area contributed by atoms with Gasteiger partial charge in [0.2, 0.25) is 0 Å². The number of aromatic nitrogens is 5. The van der Waals surface area contributed by atoms with Crippen LogP contribution in [0.25, 0.3) is 171 Å². The Morgan fingerprint density at radius 2 is 0.626 bits per heavy atom. The van der Waals surface area contributed by atoms with Gasteiger partial charge in [-0.25, -0.2) is 19.9 Å². The summed E-state index contributed by atoms with van der Waals surface area (Å²) < 4.78 is 15.5. The van der Waals surface area contributed by atoms with Gasteiger partial charge < -0.3 is 14.0 Å². The van der Waals surface area contributed by atoms with Crippen LogP contribution in [0.5, 0.6) is 23.0 Å². The van der Waals surface area contributed by atoms with E-state index in [1.54, 1.807) is 0 Å². The van der Waals surface area contributed by atoms with E-state index in [4.69, 9.17) is 29.4 Å². The minimum Gasteiger partial charge on any atom is -0.457 e. The van der Waals surface area contributed by atoms with Crippen molar-refractivity contribution in [2.24, 2.45) is 0 Å². The van der Waals surface area contributed by atoms with Gasteiger partial charge in [0.25, 0.3) is 0 Å². The monoisotopic (exact) mass is 1560 g/mol. The van der Waals surface area contributed by atoms with Crippen LogP contribution >= 0.6 is 0 Å². The van der Waals surface area contributed by atoms with Crippen molar-refractivity contribution in [1.29, 1.82) is 5.26 Å². The quantitative estimate of drug-likeness (QED) is 0.147. The summed E-state index contributed by atoms with van der Waals surface area (Å²) in [5.41, 5.74) is 33.3. The van der Waals surface area contributed by atoms with Crippen molar-refractivity contribution in [2.45, 2.75) is 10.8 Å². The minimum atomic E-state index is -0.558. The Bertz CT molecular complexity index is 8200. The lowest BCUT2D eigenvalue weighted by Crippen LogP contribution is -2.32. The maximum absolute atomic E-state index is 9.64. The number of pyridine rings is 2. The molecule has 570 valence electrons. The summed E-state index contributed by atoms with van der Waals surface area (Å²) in [5, 5.41) is 18.8. The molecule has 26 rings (SSSR count). The van der Waals surface area contributed by atoms with Gasteiger partial charge in [0, 0.05) is 93.3 Å². The molecule has 0 atom stereocenters. The molecule has 8 nitrogen and oxygen atoms in total. The third-order valence-corrected chi connectivity index (χ3v) is 26.0. The minimum absolute atomic E-state index is 0.555. The molecule has 4 aromatic heterocycles. The fraction of sp³-hybridized carbons (Fsp3) is 0.0174. The highest BCUT2D eigenvalue weighted by Crippen LogP contribution is 2.66. The van der Waals surface area contributed by atoms with E-state index in [9.17, 15) is 5.26 Å². The summed E-state index contributed by atoms with van der Waals surface area (Å²) in [4.78, 5) is 21.4. The summed E-state index contributed by atoms with van der Waals surface area (Å²) in [6, 6.07) is 149. The molecule has 2 spiro atoms. The molecule has 0 saturated heterocycles. The molecular weight excluding hydrogens is 1500 g/mol. The molecule has 0 bridgehead atoms. The van der Waals surface area contributed by atoms with Crippen LogP contribution in [-0.4, -0.2) is 24.5 Å². The van der Waals surface area contributed by atoms with Crippen molar-refractivity contribution in [1.82, 2.24) is 24.5 Å². The number of nitrogens with zero attached hydrogens (tertiary/aromatic N) is 6. The number of rotatable bonds is 7. The van der Waals surface area contributed by atoms with Crippen molar-refractivity contribution in [2.75, 3.05) is 0 Å². The molecule has 4 aliphatic rings. The van der Waals surface area contributed by atoms with E-state index < -0.39 is 10.8 Å². The highest BCUT2D eigenvalue weighted by molar-refractivity contribution is 6.22. The van der Waals surface area contributed by atoms with Gasteiger partial charge in [-0.05, 0) is 164 Å². The normalized spacial score (nSPS) is 13.1. The molecular formula is C115H68N6O2. The SMILES string of the molecule is N#Cc1ccc2c(c1)c1ccccc1n2-c1ccc(-c2cccc(-c3nc4ccccc4c4c5c(ccc34)C3(c4ccccc4Oc4ccccc43)c3ccccc3-5)c2)cc1.c1ccc(-c2nc3ccc(-c4cccc(-c5nc6ccccc6c6c7c(ccc56)C5(c6ccccc6Oc6ccccc65)c5ccccc5-7)c4)cc3nc2-c2ccccc2)cc1. The Labute approximate surface area is 708 Å². The van der Waals surface area contributed by atoms with E-state index in [1.165, 1.54) is 55.3 Å². The molecule has 2 aliphatic heterocycles. The lowest BCUT2D eigenvalue weighted by atomic mass is 9.66. The summed E-state index contributed by atoms with van der Waals surface area (Å²) in [7, 11) is 0. The number of hydrogen-bond donors (Lipinski definition) is 0.